The number of halogens is 2. The molecule has 1 aromatic carbocycles. The van der Waals surface area contributed by atoms with Crippen molar-refractivity contribution in [2.24, 2.45) is 0 Å². The summed E-state index contributed by atoms with van der Waals surface area (Å²) in [6.45, 7) is 0. The zero-order valence-corrected chi connectivity index (χ0v) is 8.86. The number of H-pyrrole nitrogens is 1. The highest BCUT2D eigenvalue weighted by molar-refractivity contribution is 6.42. The van der Waals surface area contributed by atoms with E-state index in [1.54, 1.807) is 0 Å². The van der Waals surface area contributed by atoms with Crippen molar-refractivity contribution in [2.75, 3.05) is 0 Å². The fraction of sp³-hybridized carbons (Fsp3) is 0. The second-order valence-electron chi connectivity index (χ2n) is 2.97. The molecule has 1 aromatic heterocycles. The number of nitrogens with zero attached hydrogens (tertiary/aromatic N) is 1. The van der Waals surface area contributed by atoms with E-state index in [1.807, 2.05) is 6.07 Å². The van der Waals surface area contributed by atoms with Crippen LogP contribution in [0.15, 0.2) is 23.0 Å². The minimum atomic E-state index is -0.251. The van der Waals surface area contributed by atoms with Crippen molar-refractivity contribution in [1.29, 1.82) is 5.26 Å². The van der Waals surface area contributed by atoms with E-state index in [9.17, 15) is 4.79 Å². The summed E-state index contributed by atoms with van der Waals surface area (Å²) in [6, 6.07) is 6.11. The maximum Gasteiger partial charge on any atom is 0.190 e. The molecule has 1 N–H and O–H groups in total. The van der Waals surface area contributed by atoms with Crippen LogP contribution in [0, 0.1) is 11.3 Å². The summed E-state index contributed by atoms with van der Waals surface area (Å²) in [6.07, 6.45) is 0. The van der Waals surface area contributed by atoms with Crippen molar-refractivity contribution in [3.05, 3.63) is 44.2 Å². The molecule has 0 spiro atoms. The Hall–Kier alpha value is -1.50. The fourth-order valence-corrected chi connectivity index (χ4v) is 1.63. The van der Waals surface area contributed by atoms with E-state index >= 15 is 0 Å². The average Bonchev–Trinajstić information content (AvgIpc) is 2.21. The first kappa shape index (κ1) is 10.0. The summed E-state index contributed by atoms with van der Waals surface area (Å²) in [5, 5.41) is 9.75. The number of nitriles is 1. The summed E-state index contributed by atoms with van der Waals surface area (Å²) < 4.78 is 0. The highest BCUT2D eigenvalue weighted by Crippen LogP contribution is 2.25. The van der Waals surface area contributed by atoms with Crippen LogP contribution < -0.4 is 5.43 Å². The molecule has 2 rings (SSSR count). The van der Waals surface area contributed by atoms with Gasteiger partial charge >= 0.3 is 0 Å². The van der Waals surface area contributed by atoms with Crippen molar-refractivity contribution < 1.29 is 0 Å². The molecule has 5 heteroatoms. The van der Waals surface area contributed by atoms with Crippen molar-refractivity contribution >= 4 is 34.1 Å². The third-order valence-corrected chi connectivity index (χ3v) is 2.71. The van der Waals surface area contributed by atoms with Gasteiger partial charge in [-0.25, -0.2) is 0 Å². The van der Waals surface area contributed by atoms with Gasteiger partial charge in [-0.15, -0.1) is 0 Å². The van der Waals surface area contributed by atoms with Gasteiger partial charge in [-0.1, -0.05) is 23.2 Å². The van der Waals surface area contributed by atoms with Crippen molar-refractivity contribution in [3.63, 3.8) is 0 Å². The number of hydrogen-bond donors (Lipinski definition) is 1. The number of aromatic amines is 1. The summed E-state index contributed by atoms with van der Waals surface area (Å²) in [5.74, 6) is 0. The normalized spacial score (nSPS) is 10.2. The van der Waals surface area contributed by atoms with Crippen LogP contribution in [0.4, 0.5) is 0 Å². The predicted molar refractivity (Wildman–Crippen MR) is 59.3 cm³/mol. The Kier molecular flexibility index (Phi) is 2.39. The molecule has 0 aliphatic carbocycles. The monoisotopic (exact) mass is 238 g/mol. The van der Waals surface area contributed by atoms with Crippen LogP contribution in [0.25, 0.3) is 10.9 Å². The number of fused-ring (bicyclic) bond motifs is 1. The molecule has 0 unspecified atom stereocenters. The zero-order chi connectivity index (χ0) is 11.0. The SMILES string of the molecule is N#Cc1cc(=O)c2cc(Cl)c(Cl)cc2[nH]1. The van der Waals surface area contributed by atoms with Crippen LogP contribution in [-0.2, 0) is 0 Å². The van der Waals surface area contributed by atoms with E-state index in [0.717, 1.165) is 0 Å². The summed E-state index contributed by atoms with van der Waals surface area (Å²) >= 11 is 11.6. The molecule has 0 radical (unpaired) electrons. The van der Waals surface area contributed by atoms with E-state index in [4.69, 9.17) is 28.5 Å². The number of nitrogens with one attached hydrogen (secondary N) is 1. The minimum Gasteiger partial charge on any atom is -0.346 e. The van der Waals surface area contributed by atoms with Gasteiger partial charge < -0.3 is 4.98 Å². The van der Waals surface area contributed by atoms with Crippen molar-refractivity contribution in [3.8, 4) is 6.07 Å². The summed E-state index contributed by atoms with van der Waals surface area (Å²) in [7, 11) is 0. The predicted octanol–water partition coefficient (Wildman–Crippen LogP) is 2.71. The highest BCUT2D eigenvalue weighted by atomic mass is 35.5. The molecule has 0 saturated carbocycles. The Morgan fingerprint density at radius 2 is 1.87 bits per heavy atom. The molecule has 0 aliphatic rings. The molecule has 0 amide bonds. The third-order valence-electron chi connectivity index (χ3n) is 1.99. The molecular weight excluding hydrogens is 235 g/mol. The first-order chi connectivity index (χ1) is 7.11. The summed E-state index contributed by atoms with van der Waals surface area (Å²) in [4.78, 5) is 14.3. The van der Waals surface area contributed by atoms with E-state index < -0.39 is 0 Å². The molecule has 15 heavy (non-hydrogen) atoms. The van der Waals surface area contributed by atoms with Gasteiger partial charge in [0.2, 0.25) is 0 Å². The lowest BCUT2D eigenvalue weighted by molar-refractivity contribution is 1.31. The van der Waals surface area contributed by atoms with Gasteiger partial charge in [0.25, 0.3) is 0 Å². The van der Waals surface area contributed by atoms with Crippen LogP contribution in [0.2, 0.25) is 10.0 Å². The number of pyridine rings is 1. The summed E-state index contributed by atoms with van der Waals surface area (Å²) in [5.41, 5.74) is 0.457. The lowest BCUT2D eigenvalue weighted by atomic mass is 10.2. The van der Waals surface area contributed by atoms with Gasteiger partial charge in [0.15, 0.2) is 5.43 Å². The van der Waals surface area contributed by atoms with Crippen molar-refractivity contribution in [1.82, 2.24) is 4.98 Å². The largest absolute Gasteiger partial charge is 0.346 e. The Labute approximate surface area is 94.9 Å². The Bertz CT molecular complexity index is 640. The molecule has 0 atom stereocenters. The second kappa shape index (κ2) is 3.58. The average molecular weight is 239 g/mol. The molecule has 1 heterocycles. The number of aromatic nitrogens is 1. The van der Waals surface area contributed by atoms with Gasteiger partial charge in [-0.2, -0.15) is 5.26 Å². The van der Waals surface area contributed by atoms with Crippen LogP contribution in [0.1, 0.15) is 5.69 Å². The van der Waals surface area contributed by atoms with Crippen LogP contribution in [0.3, 0.4) is 0 Å². The Morgan fingerprint density at radius 3 is 2.53 bits per heavy atom. The lowest BCUT2D eigenvalue weighted by Gasteiger charge is -2.00. The standard InChI is InChI=1S/C10H4Cl2N2O/c11-7-2-6-9(3-8(7)12)14-5(4-13)1-10(6)15/h1-3H,(H,14,15). The van der Waals surface area contributed by atoms with E-state index in [0.29, 0.717) is 20.9 Å². The first-order valence-corrected chi connectivity index (χ1v) is 4.79. The molecule has 0 fully saturated rings. The molecule has 74 valence electrons. The second-order valence-corrected chi connectivity index (χ2v) is 3.79. The van der Waals surface area contributed by atoms with Crippen LogP contribution in [0.5, 0.6) is 0 Å². The number of rotatable bonds is 0. The topological polar surface area (TPSA) is 56.6 Å². The maximum atomic E-state index is 11.5. The molecule has 2 aromatic rings. The fourth-order valence-electron chi connectivity index (χ4n) is 1.30. The zero-order valence-electron chi connectivity index (χ0n) is 7.34. The maximum absolute atomic E-state index is 11.5. The van der Waals surface area contributed by atoms with E-state index in [2.05, 4.69) is 4.98 Å². The Balaban J connectivity index is 2.94. The number of hydrogen-bond acceptors (Lipinski definition) is 2. The molecule has 0 bridgehead atoms. The molecule has 3 nitrogen and oxygen atoms in total. The minimum absolute atomic E-state index is 0.200. The smallest absolute Gasteiger partial charge is 0.190 e. The van der Waals surface area contributed by atoms with Gasteiger partial charge in [0.1, 0.15) is 11.8 Å². The molecule has 0 aliphatic heterocycles. The van der Waals surface area contributed by atoms with Crippen LogP contribution in [-0.4, -0.2) is 4.98 Å². The lowest BCUT2D eigenvalue weighted by Crippen LogP contribution is -2.03. The molecular formula is C10H4Cl2N2O. The number of benzene rings is 1. The molecule has 0 saturated heterocycles. The Morgan fingerprint density at radius 1 is 1.20 bits per heavy atom. The van der Waals surface area contributed by atoms with Gasteiger partial charge in [0, 0.05) is 11.5 Å². The van der Waals surface area contributed by atoms with Gasteiger partial charge in [0.05, 0.1) is 15.6 Å². The highest BCUT2D eigenvalue weighted by Gasteiger charge is 2.05. The quantitative estimate of drug-likeness (QED) is 0.768. The van der Waals surface area contributed by atoms with E-state index in [1.165, 1.54) is 18.2 Å². The third kappa shape index (κ3) is 1.70. The van der Waals surface area contributed by atoms with Gasteiger partial charge in [-0.05, 0) is 12.1 Å². The van der Waals surface area contributed by atoms with Crippen molar-refractivity contribution in [2.45, 2.75) is 0 Å². The van der Waals surface area contributed by atoms with Gasteiger partial charge in [-0.3, -0.25) is 4.79 Å². The first-order valence-electron chi connectivity index (χ1n) is 4.04. The van der Waals surface area contributed by atoms with Crippen LogP contribution >= 0.6 is 23.2 Å². The van der Waals surface area contributed by atoms with E-state index in [-0.39, 0.29) is 11.1 Å².